The summed E-state index contributed by atoms with van der Waals surface area (Å²) in [5.74, 6) is 0.457. The molecule has 1 aromatic heterocycles. The Morgan fingerprint density at radius 2 is 2.00 bits per heavy atom. The van der Waals surface area contributed by atoms with Crippen LogP contribution in [0.25, 0.3) is 11.0 Å². The Hall–Kier alpha value is -2.55. The van der Waals surface area contributed by atoms with E-state index in [-0.39, 0.29) is 41.0 Å². The fourth-order valence-corrected chi connectivity index (χ4v) is 5.30. The van der Waals surface area contributed by atoms with Crippen LogP contribution in [0.2, 0.25) is 0 Å². The van der Waals surface area contributed by atoms with Crippen LogP contribution < -0.4 is 15.1 Å². The van der Waals surface area contributed by atoms with Crippen LogP contribution >= 0.6 is 0 Å². The molecule has 1 aliphatic rings. The molecular weight excluding hydrogens is 386 g/mol. The minimum atomic E-state index is -3.11. The van der Waals surface area contributed by atoms with E-state index < -0.39 is 15.5 Å². The molecule has 1 aromatic carbocycles. The number of hydrogen-bond donors (Lipinski definition) is 0. The summed E-state index contributed by atoms with van der Waals surface area (Å²) in [6, 6.07) is 3.08. The van der Waals surface area contributed by atoms with Gasteiger partial charge in [0, 0.05) is 18.5 Å². The molecule has 1 unspecified atom stereocenters. The van der Waals surface area contributed by atoms with Crippen molar-refractivity contribution < 1.29 is 27.1 Å². The largest absolute Gasteiger partial charge is 0.493 e. The van der Waals surface area contributed by atoms with E-state index in [0.717, 1.165) is 0 Å². The molecule has 28 heavy (non-hydrogen) atoms. The van der Waals surface area contributed by atoms with Gasteiger partial charge in [-0.15, -0.1) is 0 Å². The Morgan fingerprint density at radius 3 is 2.57 bits per heavy atom. The van der Waals surface area contributed by atoms with E-state index in [4.69, 9.17) is 13.9 Å². The summed E-state index contributed by atoms with van der Waals surface area (Å²) < 4.78 is 39.3. The maximum absolute atomic E-state index is 12.7. The van der Waals surface area contributed by atoms with Crippen molar-refractivity contribution in [2.45, 2.75) is 25.8 Å². The molecule has 1 atom stereocenters. The quantitative estimate of drug-likeness (QED) is 0.686. The lowest BCUT2D eigenvalue weighted by molar-refractivity contribution is -0.130. The smallest absolute Gasteiger partial charge is 0.340 e. The van der Waals surface area contributed by atoms with Gasteiger partial charge in [-0.1, -0.05) is 0 Å². The zero-order chi connectivity index (χ0) is 20.6. The maximum atomic E-state index is 12.7. The maximum Gasteiger partial charge on any atom is 0.340 e. The molecule has 1 fully saturated rings. The third kappa shape index (κ3) is 3.58. The van der Waals surface area contributed by atoms with Crippen LogP contribution in [-0.2, 0) is 21.1 Å². The molecule has 0 radical (unpaired) electrons. The third-order valence-electron chi connectivity index (χ3n) is 5.28. The predicted molar refractivity (Wildman–Crippen MR) is 104 cm³/mol. The van der Waals surface area contributed by atoms with Gasteiger partial charge in [-0.05, 0) is 31.0 Å². The highest BCUT2D eigenvalue weighted by atomic mass is 32.2. The van der Waals surface area contributed by atoms with Crippen LogP contribution in [0.4, 0.5) is 0 Å². The number of hydrogen-bond acceptors (Lipinski definition) is 7. The van der Waals surface area contributed by atoms with E-state index in [1.165, 1.54) is 19.1 Å². The monoisotopic (exact) mass is 409 g/mol. The third-order valence-corrected chi connectivity index (χ3v) is 7.03. The number of nitrogens with zero attached hydrogens (tertiary/aromatic N) is 1. The second-order valence-electron chi connectivity index (χ2n) is 6.91. The number of benzene rings is 1. The molecule has 3 rings (SSSR count). The topological polar surface area (TPSA) is 103 Å². The van der Waals surface area contributed by atoms with Crippen LogP contribution in [0.5, 0.6) is 11.5 Å². The molecule has 2 heterocycles. The second kappa shape index (κ2) is 7.46. The summed E-state index contributed by atoms with van der Waals surface area (Å²) in [6.07, 6.45) is 0.248. The Morgan fingerprint density at radius 1 is 1.29 bits per heavy atom. The highest BCUT2D eigenvalue weighted by Gasteiger charge is 2.33. The molecule has 8 nitrogen and oxygen atoms in total. The summed E-state index contributed by atoms with van der Waals surface area (Å²) >= 11 is 0. The molecular formula is C19H23NO7S. The zero-order valence-corrected chi connectivity index (χ0v) is 17.1. The minimum absolute atomic E-state index is 0.0441. The van der Waals surface area contributed by atoms with Gasteiger partial charge in [0.15, 0.2) is 21.2 Å². The van der Waals surface area contributed by atoms with Crippen molar-refractivity contribution in [3.63, 3.8) is 0 Å². The summed E-state index contributed by atoms with van der Waals surface area (Å²) in [7, 11) is 1.40. The SMILES string of the molecule is COc1ccc2c(C)c(CC(=O)N(C)C3CCS(=O)(=O)C3)c(=O)oc2c1OC. The fourth-order valence-electron chi connectivity index (χ4n) is 3.53. The van der Waals surface area contributed by atoms with Crippen LogP contribution in [0.3, 0.4) is 0 Å². The average Bonchev–Trinajstić information content (AvgIpc) is 3.03. The summed E-state index contributed by atoms with van der Waals surface area (Å²) in [6.45, 7) is 1.74. The lowest BCUT2D eigenvalue weighted by atomic mass is 10.0. The van der Waals surface area contributed by atoms with E-state index in [0.29, 0.717) is 28.9 Å². The summed E-state index contributed by atoms with van der Waals surface area (Å²) in [4.78, 5) is 26.7. The van der Waals surface area contributed by atoms with Crippen LogP contribution in [0.1, 0.15) is 17.5 Å². The van der Waals surface area contributed by atoms with E-state index in [9.17, 15) is 18.0 Å². The Kier molecular flexibility index (Phi) is 5.38. The highest BCUT2D eigenvalue weighted by Crippen LogP contribution is 2.36. The van der Waals surface area contributed by atoms with Gasteiger partial charge in [0.25, 0.3) is 0 Å². The molecule has 9 heteroatoms. The Bertz CT molecular complexity index is 1090. The standard InChI is InChI=1S/C19H23NO7S/c1-11-13-5-6-15(25-3)18(26-4)17(13)27-19(22)14(11)9-16(21)20(2)12-7-8-28(23,24)10-12/h5-6,12H,7-10H2,1-4H3. The highest BCUT2D eigenvalue weighted by molar-refractivity contribution is 7.91. The Balaban J connectivity index is 1.95. The van der Waals surface area contributed by atoms with Gasteiger partial charge in [0.1, 0.15) is 0 Å². The van der Waals surface area contributed by atoms with Gasteiger partial charge in [-0.3, -0.25) is 4.79 Å². The molecule has 152 valence electrons. The number of likely N-dealkylation sites (N-methyl/N-ethyl adjacent to an activating group) is 1. The van der Waals surface area contributed by atoms with Crippen molar-refractivity contribution in [2.75, 3.05) is 32.8 Å². The number of sulfone groups is 1. The number of rotatable bonds is 5. The van der Waals surface area contributed by atoms with Crippen LogP contribution in [0.15, 0.2) is 21.3 Å². The van der Waals surface area contributed by atoms with Crippen molar-refractivity contribution in [3.8, 4) is 11.5 Å². The number of fused-ring (bicyclic) bond motifs is 1. The van der Waals surface area contributed by atoms with Gasteiger partial charge < -0.3 is 18.8 Å². The first-order valence-corrected chi connectivity index (χ1v) is 10.6. The number of aryl methyl sites for hydroxylation is 1. The van der Waals surface area contributed by atoms with E-state index in [2.05, 4.69) is 0 Å². The van der Waals surface area contributed by atoms with Gasteiger partial charge in [0.2, 0.25) is 11.7 Å². The van der Waals surface area contributed by atoms with Crippen LogP contribution in [0, 0.1) is 6.92 Å². The van der Waals surface area contributed by atoms with Crippen LogP contribution in [-0.4, -0.2) is 58.0 Å². The number of methoxy groups -OCH3 is 2. The van der Waals surface area contributed by atoms with Crippen molar-refractivity contribution in [3.05, 3.63) is 33.7 Å². The number of carbonyl (C=O) groups excluding carboxylic acids is 1. The van der Waals surface area contributed by atoms with E-state index in [1.54, 1.807) is 26.1 Å². The molecule has 0 N–H and O–H groups in total. The second-order valence-corrected chi connectivity index (χ2v) is 9.14. The molecule has 1 aliphatic heterocycles. The van der Waals surface area contributed by atoms with Gasteiger partial charge in [0.05, 0.1) is 37.7 Å². The van der Waals surface area contributed by atoms with Gasteiger partial charge >= 0.3 is 5.63 Å². The number of amides is 1. The first-order chi connectivity index (χ1) is 13.2. The fraction of sp³-hybridized carbons (Fsp3) is 0.474. The molecule has 2 aromatic rings. The van der Waals surface area contributed by atoms with Gasteiger partial charge in [-0.25, -0.2) is 13.2 Å². The number of carbonyl (C=O) groups is 1. The lowest BCUT2D eigenvalue weighted by Crippen LogP contribution is -2.39. The number of ether oxygens (including phenoxy) is 2. The van der Waals surface area contributed by atoms with Gasteiger partial charge in [-0.2, -0.15) is 0 Å². The molecule has 0 spiro atoms. The van der Waals surface area contributed by atoms with Crippen molar-refractivity contribution >= 4 is 26.7 Å². The van der Waals surface area contributed by atoms with E-state index >= 15 is 0 Å². The summed E-state index contributed by atoms with van der Waals surface area (Å²) in [5, 5.41) is 0.645. The normalized spacial score (nSPS) is 18.2. The predicted octanol–water partition coefficient (Wildman–Crippen LogP) is 1.31. The lowest BCUT2D eigenvalue weighted by Gasteiger charge is -2.23. The molecule has 1 amide bonds. The first kappa shape index (κ1) is 20.2. The molecule has 0 bridgehead atoms. The zero-order valence-electron chi connectivity index (χ0n) is 16.3. The molecule has 0 saturated carbocycles. The molecule has 1 saturated heterocycles. The van der Waals surface area contributed by atoms with Crippen molar-refractivity contribution in [1.29, 1.82) is 0 Å². The van der Waals surface area contributed by atoms with E-state index in [1.807, 2.05) is 0 Å². The van der Waals surface area contributed by atoms with Crippen molar-refractivity contribution in [1.82, 2.24) is 4.90 Å². The Labute approximate surface area is 162 Å². The first-order valence-electron chi connectivity index (χ1n) is 8.82. The summed E-state index contributed by atoms with van der Waals surface area (Å²) in [5.41, 5.74) is 0.499. The average molecular weight is 409 g/mol. The minimum Gasteiger partial charge on any atom is -0.493 e. The molecule has 0 aliphatic carbocycles. The van der Waals surface area contributed by atoms with Crippen molar-refractivity contribution in [2.24, 2.45) is 0 Å².